The van der Waals surface area contributed by atoms with Gasteiger partial charge in [-0.1, -0.05) is 12.1 Å². The number of fused-ring (bicyclic) bond motifs is 1. The molecule has 3 aromatic heterocycles. The van der Waals surface area contributed by atoms with Crippen molar-refractivity contribution in [1.29, 1.82) is 0 Å². The zero-order chi connectivity index (χ0) is 18.8. The molecule has 3 heterocycles. The molecule has 0 saturated carbocycles. The molecule has 4 aromatic rings. The maximum absolute atomic E-state index is 12.6. The van der Waals surface area contributed by atoms with Gasteiger partial charge in [-0.2, -0.15) is 5.10 Å². The van der Waals surface area contributed by atoms with Gasteiger partial charge in [0.05, 0.1) is 24.0 Å². The Labute approximate surface area is 154 Å². The highest BCUT2D eigenvalue weighted by atomic mass is 16.4. The zero-order valence-corrected chi connectivity index (χ0v) is 14.6. The number of rotatable bonds is 5. The second kappa shape index (κ2) is 6.91. The predicted octanol–water partition coefficient (Wildman–Crippen LogP) is 2.03. The summed E-state index contributed by atoms with van der Waals surface area (Å²) in [5.74, 6) is 0.978. The van der Waals surface area contributed by atoms with Crippen molar-refractivity contribution in [2.45, 2.75) is 13.1 Å². The summed E-state index contributed by atoms with van der Waals surface area (Å²) in [5, 5.41) is 4.63. The number of benzene rings is 1. The number of aromatic amines is 1. The van der Waals surface area contributed by atoms with E-state index in [2.05, 4.69) is 15.1 Å². The summed E-state index contributed by atoms with van der Waals surface area (Å²) < 4.78 is 7.34. The molecule has 0 aliphatic carbocycles. The minimum Gasteiger partial charge on any atom is -0.454 e. The van der Waals surface area contributed by atoms with E-state index in [1.165, 1.54) is 4.90 Å². The highest BCUT2D eigenvalue weighted by Gasteiger charge is 2.17. The number of nitrogens with zero attached hydrogens (tertiary/aromatic N) is 4. The molecule has 0 atom stereocenters. The second-order valence-electron chi connectivity index (χ2n) is 6.16. The third-order valence-electron chi connectivity index (χ3n) is 4.15. The maximum Gasteiger partial charge on any atom is 0.289 e. The largest absolute Gasteiger partial charge is 0.454 e. The van der Waals surface area contributed by atoms with E-state index in [0.29, 0.717) is 29.0 Å². The van der Waals surface area contributed by atoms with E-state index in [9.17, 15) is 9.59 Å². The lowest BCUT2D eigenvalue weighted by Crippen LogP contribution is -2.28. The van der Waals surface area contributed by atoms with Crippen molar-refractivity contribution in [2.24, 2.45) is 0 Å². The summed E-state index contributed by atoms with van der Waals surface area (Å²) in [6, 6.07) is 12.3. The number of carbonyl (C=O) groups is 1. The predicted molar refractivity (Wildman–Crippen MR) is 98.2 cm³/mol. The molecule has 0 aliphatic heterocycles. The summed E-state index contributed by atoms with van der Waals surface area (Å²) in [5.41, 5.74) is 0.368. The molecule has 4 rings (SSSR count). The van der Waals surface area contributed by atoms with E-state index >= 15 is 0 Å². The Morgan fingerprint density at radius 1 is 1.22 bits per heavy atom. The molecule has 1 N–H and O–H groups in total. The van der Waals surface area contributed by atoms with E-state index in [0.717, 1.165) is 0 Å². The molecular formula is C19H17N5O3. The number of hydrogen-bond donors (Lipinski definition) is 1. The molecule has 0 aliphatic rings. The van der Waals surface area contributed by atoms with Crippen LogP contribution >= 0.6 is 0 Å². The smallest absolute Gasteiger partial charge is 0.289 e. The Morgan fingerprint density at radius 3 is 2.89 bits per heavy atom. The van der Waals surface area contributed by atoms with Crippen molar-refractivity contribution in [3.8, 4) is 0 Å². The van der Waals surface area contributed by atoms with Crippen molar-refractivity contribution >= 4 is 16.8 Å². The fraction of sp³-hybridized carbons (Fsp3) is 0.158. The number of nitrogens with one attached hydrogen (secondary N) is 1. The summed E-state index contributed by atoms with van der Waals surface area (Å²) in [4.78, 5) is 33.3. The number of amides is 1. The standard InChI is InChI=1S/C19H17N5O3/c1-23(12-17-21-15-6-3-2-5-14(15)18(25)22-17)19(26)16-8-7-13(27-16)11-24-10-4-9-20-24/h2-10H,11-12H2,1H3,(H,21,22,25). The average molecular weight is 363 g/mol. The van der Waals surface area contributed by atoms with Gasteiger partial charge in [-0.15, -0.1) is 0 Å². The van der Waals surface area contributed by atoms with Crippen LogP contribution in [0, 0.1) is 0 Å². The van der Waals surface area contributed by atoms with Gasteiger partial charge >= 0.3 is 0 Å². The van der Waals surface area contributed by atoms with Gasteiger partial charge in [0.15, 0.2) is 5.76 Å². The highest BCUT2D eigenvalue weighted by molar-refractivity contribution is 5.91. The monoisotopic (exact) mass is 363 g/mol. The Balaban J connectivity index is 1.50. The molecule has 8 heteroatoms. The number of furan rings is 1. The first-order valence-corrected chi connectivity index (χ1v) is 8.40. The van der Waals surface area contributed by atoms with Gasteiger partial charge < -0.3 is 14.3 Å². The van der Waals surface area contributed by atoms with Crippen molar-refractivity contribution < 1.29 is 9.21 Å². The van der Waals surface area contributed by atoms with Crippen LogP contribution in [0.3, 0.4) is 0 Å². The van der Waals surface area contributed by atoms with Gasteiger partial charge in [0.25, 0.3) is 11.5 Å². The van der Waals surface area contributed by atoms with Crippen molar-refractivity contribution in [3.63, 3.8) is 0 Å². The fourth-order valence-corrected chi connectivity index (χ4v) is 2.83. The van der Waals surface area contributed by atoms with Crippen LogP contribution in [0.4, 0.5) is 0 Å². The number of hydrogen-bond acceptors (Lipinski definition) is 5. The zero-order valence-electron chi connectivity index (χ0n) is 14.6. The minimum absolute atomic E-state index is 0.161. The third kappa shape index (κ3) is 3.50. The van der Waals surface area contributed by atoms with Crippen LogP contribution in [0.15, 0.2) is 64.1 Å². The Kier molecular flexibility index (Phi) is 4.29. The van der Waals surface area contributed by atoms with Gasteiger partial charge in [0.1, 0.15) is 11.6 Å². The summed E-state index contributed by atoms with van der Waals surface area (Å²) in [7, 11) is 1.63. The lowest BCUT2D eigenvalue weighted by molar-refractivity contribution is 0.0747. The first kappa shape index (κ1) is 16.8. The molecule has 27 heavy (non-hydrogen) atoms. The molecule has 8 nitrogen and oxygen atoms in total. The molecule has 0 saturated heterocycles. The topological polar surface area (TPSA) is 97.0 Å². The van der Waals surface area contributed by atoms with Crippen LogP contribution < -0.4 is 5.56 Å². The minimum atomic E-state index is -0.294. The van der Waals surface area contributed by atoms with E-state index in [1.807, 2.05) is 18.3 Å². The van der Waals surface area contributed by atoms with Crippen LogP contribution in [0.1, 0.15) is 22.1 Å². The van der Waals surface area contributed by atoms with Gasteiger partial charge in [-0.25, -0.2) is 4.98 Å². The lowest BCUT2D eigenvalue weighted by atomic mass is 10.2. The van der Waals surface area contributed by atoms with Crippen LogP contribution in [0.25, 0.3) is 10.9 Å². The Hall–Kier alpha value is -3.68. The molecule has 1 amide bonds. The second-order valence-corrected chi connectivity index (χ2v) is 6.16. The van der Waals surface area contributed by atoms with Gasteiger partial charge in [-0.05, 0) is 30.3 Å². The van der Waals surface area contributed by atoms with Gasteiger partial charge in [0.2, 0.25) is 0 Å². The lowest BCUT2D eigenvalue weighted by Gasteiger charge is -2.15. The average Bonchev–Trinajstić information content (AvgIpc) is 3.33. The summed E-state index contributed by atoms with van der Waals surface area (Å²) in [6.07, 6.45) is 3.50. The molecule has 0 fully saturated rings. The Morgan fingerprint density at radius 2 is 2.07 bits per heavy atom. The number of para-hydroxylation sites is 1. The first-order valence-electron chi connectivity index (χ1n) is 8.40. The van der Waals surface area contributed by atoms with E-state index in [-0.39, 0.29) is 23.8 Å². The first-order chi connectivity index (χ1) is 13.1. The van der Waals surface area contributed by atoms with Crippen LogP contribution in [0.5, 0.6) is 0 Å². The molecular weight excluding hydrogens is 346 g/mol. The highest BCUT2D eigenvalue weighted by Crippen LogP contribution is 2.13. The third-order valence-corrected chi connectivity index (χ3v) is 4.15. The quantitative estimate of drug-likeness (QED) is 0.585. The van der Waals surface area contributed by atoms with Gasteiger partial charge in [-0.3, -0.25) is 14.3 Å². The van der Waals surface area contributed by atoms with Crippen molar-refractivity contribution in [2.75, 3.05) is 7.05 Å². The van der Waals surface area contributed by atoms with Crippen LogP contribution in [-0.4, -0.2) is 37.6 Å². The molecule has 0 spiro atoms. The van der Waals surface area contributed by atoms with E-state index in [4.69, 9.17) is 4.42 Å². The molecule has 0 radical (unpaired) electrons. The number of carbonyl (C=O) groups excluding carboxylic acids is 1. The number of H-pyrrole nitrogens is 1. The molecule has 0 unspecified atom stereocenters. The van der Waals surface area contributed by atoms with Crippen LogP contribution in [-0.2, 0) is 13.1 Å². The molecule has 136 valence electrons. The van der Waals surface area contributed by atoms with Crippen molar-refractivity contribution in [1.82, 2.24) is 24.6 Å². The normalized spacial score (nSPS) is 11.0. The fourth-order valence-electron chi connectivity index (χ4n) is 2.83. The molecule has 0 bridgehead atoms. The summed E-state index contributed by atoms with van der Waals surface area (Å²) in [6.45, 7) is 0.609. The van der Waals surface area contributed by atoms with E-state index < -0.39 is 0 Å². The van der Waals surface area contributed by atoms with Crippen LogP contribution in [0.2, 0.25) is 0 Å². The van der Waals surface area contributed by atoms with Gasteiger partial charge in [0, 0.05) is 19.4 Å². The van der Waals surface area contributed by atoms with Crippen molar-refractivity contribution in [3.05, 3.63) is 82.6 Å². The maximum atomic E-state index is 12.6. The Bertz CT molecular complexity index is 1140. The van der Waals surface area contributed by atoms with E-state index in [1.54, 1.807) is 48.3 Å². The SMILES string of the molecule is CN(Cc1nc2ccccc2c(=O)[nH]1)C(=O)c1ccc(Cn2cccn2)o1. The summed E-state index contributed by atoms with van der Waals surface area (Å²) >= 11 is 0. The molecule has 1 aromatic carbocycles. The number of aromatic nitrogens is 4.